The minimum Gasteiger partial charge on any atom is -0.455 e. The summed E-state index contributed by atoms with van der Waals surface area (Å²) in [7, 11) is 1.91. The van der Waals surface area contributed by atoms with Gasteiger partial charge in [0, 0.05) is 19.6 Å². The number of hydrogen-bond acceptors (Lipinski definition) is 4. The Morgan fingerprint density at radius 1 is 1.26 bits per heavy atom. The minimum atomic E-state index is -0.00140. The van der Waals surface area contributed by atoms with Crippen LogP contribution >= 0.6 is 11.8 Å². The predicted molar refractivity (Wildman–Crippen MR) is 112 cm³/mol. The molecule has 0 bridgehead atoms. The summed E-state index contributed by atoms with van der Waals surface area (Å²) in [5.41, 5.74) is 1.40. The van der Waals surface area contributed by atoms with E-state index in [4.69, 9.17) is 4.42 Å². The molecule has 0 spiro atoms. The van der Waals surface area contributed by atoms with Crippen molar-refractivity contribution in [3.05, 3.63) is 59.5 Å². The third-order valence-electron chi connectivity index (χ3n) is 5.29. The number of carbonyl (C=O) groups excluding carboxylic acids is 1. The maximum Gasteiger partial charge on any atom is 0.289 e. The first kappa shape index (κ1) is 20.0. The number of likely N-dealkylation sites (N-methyl/N-ethyl adjacent to an activating group) is 1. The highest BCUT2D eigenvalue weighted by atomic mass is 32.2. The molecule has 0 N–H and O–H groups in total. The number of amides is 1. The maximum absolute atomic E-state index is 12.8. The van der Waals surface area contributed by atoms with Crippen molar-refractivity contribution in [3.8, 4) is 0 Å². The second kappa shape index (κ2) is 10.00. The Labute approximate surface area is 166 Å². The predicted octanol–water partition coefficient (Wildman–Crippen LogP) is 4.31. The van der Waals surface area contributed by atoms with Crippen LogP contribution in [-0.4, -0.2) is 54.7 Å². The van der Waals surface area contributed by atoms with E-state index in [0.717, 1.165) is 56.8 Å². The lowest BCUT2D eigenvalue weighted by atomic mass is 10.0. The number of nitrogens with zero attached hydrogens (tertiary/aromatic N) is 2. The smallest absolute Gasteiger partial charge is 0.289 e. The highest BCUT2D eigenvalue weighted by Gasteiger charge is 2.27. The molecule has 1 aromatic carbocycles. The number of carbonyl (C=O) groups is 1. The van der Waals surface area contributed by atoms with Crippen molar-refractivity contribution >= 4 is 17.7 Å². The van der Waals surface area contributed by atoms with Crippen LogP contribution in [0.2, 0.25) is 0 Å². The first-order valence-corrected chi connectivity index (χ1v) is 11.2. The van der Waals surface area contributed by atoms with Gasteiger partial charge in [-0.2, -0.15) is 11.8 Å². The van der Waals surface area contributed by atoms with Crippen LogP contribution in [0.3, 0.4) is 0 Å². The molecule has 0 saturated carbocycles. The zero-order valence-corrected chi connectivity index (χ0v) is 17.2. The molecule has 1 fully saturated rings. The van der Waals surface area contributed by atoms with E-state index in [0.29, 0.717) is 5.76 Å². The van der Waals surface area contributed by atoms with E-state index in [1.165, 1.54) is 5.56 Å². The lowest BCUT2D eigenvalue weighted by Crippen LogP contribution is -2.48. The van der Waals surface area contributed by atoms with Gasteiger partial charge in [0.1, 0.15) is 5.76 Å². The van der Waals surface area contributed by atoms with E-state index in [-0.39, 0.29) is 11.9 Å². The van der Waals surface area contributed by atoms with Gasteiger partial charge < -0.3 is 14.2 Å². The lowest BCUT2D eigenvalue weighted by Gasteiger charge is -2.37. The molecule has 1 aliphatic rings. The van der Waals surface area contributed by atoms with Crippen molar-refractivity contribution in [2.75, 3.05) is 32.9 Å². The third kappa shape index (κ3) is 5.63. The molecule has 4 nitrogen and oxygen atoms in total. The SMILES string of the molecule is CSCc1ccc(C(=O)N(C)C2CCCN(CCCc3ccccc3)C2)o1. The number of hydrogen-bond donors (Lipinski definition) is 0. The summed E-state index contributed by atoms with van der Waals surface area (Å²) >= 11 is 1.70. The highest BCUT2D eigenvalue weighted by Crippen LogP contribution is 2.20. The van der Waals surface area contributed by atoms with Crippen LogP contribution < -0.4 is 0 Å². The summed E-state index contributed by atoms with van der Waals surface area (Å²) in [5.74, 6) is 2.13. The zero-order valence-electron chi connectivity index (χ0n) is 16.4. The van der Waals surface area contributed by atoms with Gasteiger partial charge in [-0.1, -0.05) is 30.3 Å². The van der Waals surface area contributed by atoms with Crippen LogP contribution in [0.1, 0.15) is 41.1 Å². The van der Waals surface area contributed by atoms with Crippen molar-refractivity contribution in [3.63, 3.8) is 0 Å². The molecule has 1 atom stereocenters. The molecule has 1 aliphatic heterocycles. The van der Waals surface area contributed by atoms with Crippen LogP contribution in [0.5, 0.6) is 0 Å². The second-order valence-electron chi connectivity index (χ2n) is 7.30. The molecule has 1 unspecified atom stereocenters. The first-order chi connectivity index (χ1) is 13.2. The largest absolute Gasteiger partial charge is 0.455 e. The second-order valence-corrected chi connectivity index (χ2v) is 8.17. The zero-order chi connectivity index (χ0) is 19.1. The van der Waals surface area contributed by atoms with Gasteiger partial charge in [-0.15, -0.1) is 0 Å². The Morgan fingerprint density at radius 2 is 2.07 bits per heavy atom. The van der Waals surface area contributed by atoms with Crippen LogP contribution in [0.15, 0.2) is 46.9 Å². The summed E-state index contributed by atoms with van der Waals surface area (Å²) in [4.78, 5) is 17.2. The first-order valence-electron chi connectivity index (χ1n) is 9.78. The molecule has 2 aromatic rings. The lowest BCUT2D eigenvalue weighted by molar-refractivity contribution is 0.0585. The quantitative estimate of drug-likeness (QED) is 0.677. The molecule has 2 heterocycles. The van der Waals surface area contributed by atoms with Gasteiger partial charge in [-0.05, 0) is 62.7 Å². The van der Waals surface area contributed by atoms with Gasteiger partial charge in [0.25, 0.3) is 5.91 Å². The van der Waals surface area contributed by atoms with Gasteiger partial charge in [-0.3, -0.25) is 4.79 Å². The van der Waals surface area contributed by atoms with Crippen LogP contribution in [0, 0.1) is 0 Å². The van der Waals surface area contributed by atoms with E-state index < -0.39 is 0 Å². The van der Waals surface area contributed by atoms with E-state index in [9.17, 15) is 4.79 Å². The van der Waals surface area contributed by atoms with E-state index in [1.807, 2.05) is 30.3 Å². The van der Waals surface area contributed by atoms with Crippen LogP contribution in [0.25, 0.3) is 0 Å². The number of piperidine rings is 1. The van der Waals surface area contributed by atoms with E-state index in [1.54, 1.807) is 11.8 Å². The highest BCUT2D eigenvalue weighted by molar-refractivity contribution is 7.97. The summed E-state index contributed by atoms with van der Waals surface area (Å²) in [6.45, 7) is 3.17. The molecule has 3 rings (SSSR count). The molecule has 146 valence electrons. The number of furan rings is 1. The van der Waals surface area contributed by atoms with Crippen molar-refractivity contribution in [1.29, 1.82) is 0 Å². The average molecular weight is 387 g/mol. The summed E-state index contributed by atoms with van der Waals surface area (Å²) < 4.78 is 5.71. The summed E-state index contributed by atoms with van der Waals surface area (Å²) in [6, 6.07) is 14.6. The minimum absolute atomic E-state index is 0.00140. The molecule has 1 saturated heterocycles. The van der Waals surface area contributed by atoms with Gasteiger partial charge >= 0.3 is 0 Å². The number of benzene rings is 1. The fourth-order valence-electron chi connectivity index (χ4n) is 3.75. The fraction of sp³-hybridized carbons (Fsp3) is 0.500. The summed E-state index contributed by atoms with van der Waals surface area (Å²) in [6.07, 6.45) is 6.51. The Bertz CT molecular complexity index is 716. The third-order valence-corrected chi connectivity index (χ3v) is 5.86. The van der Waals surface area contributed by atoms with E-state index >= 15 is 0 Å². The molecule has 27 heavy (non-hydrogen) atoms. The number of likely N-dealkylation sites (tertiary alicyclic amines) is 1. The van der Waals surface area contributed by atoms with Crippen molar-refractivity contribution in [1.82, 2.24) is 9.80 Å². The standard InChI is InChI=1S/C22H30N2O2S/c1-23(22(25)21-13-12-20(26-21)17-27-2)19-11-7-15-24(16-19)14-6-10-18-8-4-3-5-9-18/h3-5,8-9,12-13,19H,6-7,10-11,14-17H2,1-2H3. The molecule has 5 heteroatoms. The number of rotatable bonds is 8. The van der Waals surface area contributed by atoms with Crippen molar-refractivity contribution in [2.45, 2.75) is 37.5 Å². The van der Waals surface area contributed by atoms with Gasteiger partial charge in [0.15, 0.2) is 5.76 Å². The number of aryl methyl sites for hydroxylation is 1. The van der Waals surface area contributed by atoms with E-state index in [2.05, 4.69) is 35.2 Å². The Hall–Kier alpha value is -1.72. The Balaban J connectivity index is 1.49. The Morgan fingerprint density at radius 3 is 2.85 bits per heavy atom. The fourth-order valence-corrected chi connectivity index (χ4v) is 4.19. The Kier molecular flexibility index (Phi) is 7.41. The average Bonchev–Trinajstić information content (AvgIpc) is 3.17. The monoisotopic (exact) mass is 386 g/mol. The molecule has 0 radical (unpaired) electrons. The molecular weight excluding hydrogens is 356 g/mol. The molecule has 1 amide bonds. The molecule has 0 aliphatic carbocycles. The number of thioether (sulfide) groups is 1. The normalized spacial score (nSPS) is 17.8. The van der Waals surface area contributed by atoms with Crippen molar-refractivity contribution in [2.24, 2.45) is 0 Å². The topological polar surface area (TPSA) is 36.7 Å². The van der Waals surface area contributed by atoms with Gasteiger partial charge in [-0.25, -0.2) is 0 Å². The summed E-state index contributed by atoms with van der Waals surface area (Å²) in [5, 5.41) is 0. The van der Waals surface area contributed by atoms with Gasteiger partial charge in [0.2, 0.25) is 0 Å². The molecular formula is C22H30N2O2S. The maximum atomic E-state index is 12.8. The van der Waals surface area contributed by atoms with Crippen molar-refractivity contribution < 1.29 is 9.21 Å². The van der Waals surface area contributed by atoms with Crippen LogP contribution in [-0.2, 0) is 12.2 Å². The van der Waals surface area contributed by atoms with Crippen LogP contribution in [0.4, 0.5) is 0 Å². The van der Waals surface area contributed by atoms with Gasteiger partial charge in [0.05, 0.1) is 5.75 Å². The molecule has 1 aromatic heterocycles.